The maximum absolute atomic E-state index is 14.3. The Labute approximate surface area is 93.7 Å². The molecule has 1 N–H and O–H groups in total. The first-order valence-corrected chi connectivity index (χ1v) is 6.38. The molecule has 1 aromatic rings. The number of hydrogen-bond donors (Lipinski definition) is 1. The number of alkyl halides is 1. The van der Waals surface area contributed by atoms with Crippen molar-refractivity contribution < 1.29 is 9.50 Å². The third-order valence-electron chi connectivity index (χ3n) is 2.73. The molecule has 1 fully saturated rings. The van der Waals surface area contributed by atoms with Gasteiger partial charge in [-0.1, -0.05) is 12.1 Å². The van der Waals surface area contributed by atoms with E-state index in [9.17, 15) is 4.39 Å². The average molecular weight is 226 g/mol. The largest absolute Gasteiger partial charge is 0.508 e. The standard InChI is InChI=1S/C12H15FOS/c13-12(6-1-7-15-9-12)8-10-2-4-11(14)5-3-10/h2-5,14H,1,6-9H2. The van der Waals surface area contributed by atoms with Crippen LogP contribution in [0.15, 0.2) is 24.3 Å². The van der Waals surface area contributed by atoms with Gasteiger partial charge in [0, 0.05) is 12.2 Å². The second-order valence-electron chi connectivity index (χ2n) is 4.15. The fourth-order valence-corrected chi connectivity index (χ4v) is 3.04. The van der Waals surface area contributed by atoms with Gasteiger partial charge in [-0.2, -0.15) is 11.8 Å². The highest BCUT2D eigenvalue weighted by molar-refractivity contribution is 7.99. The molecule has 1 saturated heterocycles. The first kappa shape index (κ1) is 10.8. The van der Waals surface area contributed by atoms with E-state index in [0.29, 0.717) is 18.6 Å². The Balaban J connectivity index is 2.03. The molecule has 3 heteroatoms. The maximum atomic E-state index is 14.3. The summed E-state index contributed by atoms with van der Waals surface area (Å²) in [6, 6.07) is 6.84. The summed E-state index contributed by atoms with van der Waals surface area (Å²) in [6.07, 6.45) is 2.11. The SMILES string of the molecule is Oc1ccc(CC2(F)CCCSC2)cc1. The van der Waals surface area contributed by atoms with Crippen LogP contribution >= 0.6 is 11.8 Å². The molecule has 15 heavy (non-hydrogen) atoms. The number of aromatic hydroxyl groups is 1. The Bertz CT molecular complexity index is 317. The fourth-order valence-electron chi connectivity index (χ4n) is 1.94. The topological polar surface area (TPSA) is 20.2 Å². The molecule has 1 atom stereocenters. The Kier molecular flexibility index (Phi) is 3.19. The van der Waals surface area contributed by atoms with Gasteiger partial charge in [-0.25, -0.2) is 4.39 Å². The van der Waals surface area contributed by atoms with Crippen molar-refractivity contribution in [3.8, 4) is 5.75 Å². The summed E-state index contributed by atoms with van der Waals surface area (Å²) in [4.78, 5) is 0. The Morgan fingerprint density at radius 2 is 2.07 bits per heavy atom. The van der Waals surface area contributed by atoms with E-state index in [4.69, 9.17) is 5.11 Å². The smallest absolute Gasteiger partial charge is 0.124 e. The minimum atomic E-state index is -1.04. The minimum absolute atomic E-state index is 0.240. The summed E-state index contributed by atoms with van der Waals surface area (Å²) < 4.78 is 14.3. The molecule has 1 aliphatic rings. The number of benzene rings is 1. The number of halogens is 1. The molecule has 82 valence electrons. The van der Waals surface area contributed by atoms with Gasteiger partial charge >= 0.3 is 0 Å². The number of thioether (sulfide) groups is 1. The lowest BCUT2D eigenvalue weighted by molar-refractivity contribution is 0.176. The van der Waals surface area contributed by atoms with E-state index in [1.165, 1.54) is 0 Å². The number of phenols is 1. The highest BCUT2D eigenvalue weighted by Gasteiger charge is 2.32. The van der Waals surface area contributed by atoms with Gasteiger partial charge in [-0.15, -0.1) is 0 Å². The van der Waals surface area contributed by atoms with E-state index in [0.717, 1.165) is 17.7 Å². The summed E-state index contributed by atoms with van der Waals surface area (Å²) in [7, 11) is 0. The molecule has 0 aliphatic carbocycles. The Morgan fingerprint density at radius 1 is 1.33 bits per heavy atom. The molecule has 1 nitrogen and oxygen atoms in total. The van der Waals surface area contributed by atoms with Crippen LogP contribution in [0, 0.1) is 0 Å². The highest BCUT2D eigenvalue weighted by atomic mass is 32.2. The van der Waals surface area contributed by atoms with Crippen molar-refractivity contribution in [2.75, 3.05) is 11.5 Å². The van der Waals surface area contributed by atoms with Crippen molar-refractivity contribution in [1.82, 2.24) is 0 Å². The second-order valence-corrected chi connectivity index (χ2v) is 5.26. The van der Waals surface area contributed by atoms with Crippen LogP contribution in [0.4, 0.5) is 4.39 Å². The normalized spacial score (nSPS) is 26.5. The van der Waals surface area contributed by atoms with Gasteiger partial charge in [-0.3, -0.25) is 0 Å². The zero-order valence-corrected chi connectivity index (χ0v) is 9.39. The third-order valence-corrected chi connectivity index (χ3v) is 4.03. The van der Waals surface area contributed by atoms with Crippen molar-refractivity contribution in [2.45, 2.75) is 24.9 Å². The van der Waals surface area contributed by atoms with Crippen molar-refractivity contribution in [3.05, 3.63) is 29.8 Å². The summed E-state index contributed by atoms with van der Waals surface area (Å²) in [5.41, 5.74) is -0.0716. The van der Waals surface area contributed by atoms with Crippen molar-refractivity contribution >= 4 is 11.8 Å². The zero-order chi connectivity index (χ0) is 10.7. The van der Waals surface area contributed by atoms with Crippen LogP contribution in [0.1, 0.15) is 18.4 Å². The van der Waals surface area contributed by atoms with Gasteiger partial charge in [0.05, 0.1) is 0 Å². The van der Waals surface area contributed by atoms with Gasteiger partial charge in [0.2, 0.25) is 0 Å². The van der Waals surface area contributed by atoms with Crippen molar-refractivity contribution in [2.24, 2.45) is 0 Å². The second kappa shape index (κ2) is 4.44. The average Bonchev–Trinajstić information content (AvgIpc) is 2.22. The Morgan fingerprint density at radius 3 is 2.67 bits per heavy atom. The van der Waals surface area contributed by atoms with Crippen LogP contribution in [0.25, 0.3) is 0 Å². The lowest BCUT2D eigenvalue weighted by atomic mass is 9.93. The number of phenolic OH excluding ortho intramolecular Hbond substituents is 1. The molecule has 0 saturated carbocycles. The summed E-state index contributed by atoms with van der Waals surface area (Å²) in [6.45, 7) is 0. The highest BCUT2D eigenvalue weighted by Crippen LogP contribution is 2.33. The van der Waals surface area contributed by atoms with Gasteiger partial charge in [0.15, 0.2) is 0 Å². The van der Waals surface area contributed by atoms with E-state index in [1.54, 1.807) is 36.0 Å². The minimum Gasteiger partial charge on any atom is -0.508 e. The monoisotopic (exact) mass is 226 g/mol. The predicted molar refractivity (Wildman–Crippen MR) is 62.2 cm³/mol. The van der Waals surface area contributed by atoms with E-state index in [1.807, 2.05) is 0 Å². The van der Waals surface area contributed by atoms with Crippen LogP contribution in [-0.2, 0) is 6.42 Å². The van der Waals surface area contributed by atoms with Crippen LogP contribution in [-0.4, -0.2) is 22.3 Å². The van der Waals surface area contributed by atoms with E-state index in [2.05, 4.69) is 0 Å². The number of hydrogen-bond acceptors (Lipinski definition) is 2. The number of rotatable bonds is 2. The van der Waals surface area contributed by atoms with E-state index in [-0.39, 0.29) is 5.75 Å². The van der Waals surface area contributed by atoms with Gasteiger partial charge in [0.1, 0.15) is 11.4 Å². The van der Waals surface area contributed by atoms with E-state index >= 15 is 0 Å². The Hall–Kier alpha value is -0.700. The predicted octanol–water partition coefficient (Wildman–Crippen LogP) is 3.17. The fraction of sp³-hybridized carbons (Fsp3) is 0.500. The van der Waals surface area contributed by atoms with Crippen LogP contribution in [0.5, 0.6) is 5.75 Å². The van der Waals surface area contributed by atoms with E-state index < -0.39 is 5.67 Å². The van der Waals surface area contributed by atoms with Gasteiger partial charge in [0.25, 0.3) is 0 Å². The van der Waals surface area contributed by atoms with Gasteiger partial charge in [-0.05, 0) is 36.3 Å². The summed E-state index contributed by atoms with van der Waals surface area (Å²) >= 11 is 1.70. The molecule has 2 rings (SSSR count). The third kappa shape index (κ3) is 2.88. The van der Waals surface area contributed by atoms with Crippen molar-refractivity contribution in [3.63, 3.8) is 0 Å². The quantitative estimate of drug-likeness (QED) is 0.836. The van der Waals surface area contributed by atoms with Crippen LogP contribution < -0.4 is 0 Å². The van der Waals surface area contributed by atoms with Gasteiger partial charge < -0.3 is 5.11 Å². The first-order valence-electron chi connectivity index (χ1n) is 5.23. The molecule has 0 aromatic heterocycles. The first-order chi connectivity index (χ1) is 7.18. The van der Waals surface area contributed by atoms with Crippen LogP contribution in [0.3, 0.4) is 0 Å². The molecule has 0 amide bonds. The molecule has 1 unspecified atom stereocenters. The lowest BCUT2D eigenvalue weighted by Gasteiger charge is -2.29. The molecule has 1 aromatic carbocycles. The molecular formula is C12H15FOS. The molecule has 0 radical (unpaired) electrons. The molecule has 1 heterocycles. The molecule has 1 aliphatic heterocycles. The molecule has 0 spiro atoms. The zero-order valence-electron chi connectivity index (χ0n) is 8.58. The summed E-state index contributed by atoms with van der Waals surface area (Å²) in [5.74, 6) is 1.93. The van der Waals surface area contributed by atoms with Crippen molar-refractivity contribution in [1.29, 1.82) is 0 Å². The summed E-state index contributed by atoms with van der Waals surface area (Å²) in [5, 5.41) is 9.13. The molecule has 0 bridgehead atoms. The lowest BCUT2D eigenvalue weighted by Crippen LogP contribution is -2.32. The van der Waals surface area contributed by atoms with Crippen LogP contribution in [0.2, 0.25) is 0 Å². The maximum Gasteiger partial charge on any atom is 0.124 e. The molecular weight excluding hydrogens is 211 g/mol.